The summed E-state index contributed by atoms with van der Waals surface area (Å²) in [6.07, 6.45) is 7.06. The van der Waals surface area contributed by atoms with Crippen LogP contribution < -0.4 is 10.6 Å². The number of benzene rings is 1. The van der Waals surface area contributed by atoms with Gasteiger partial charge in [0.1, 0.15) is 5.82 Å². The van der Waals surface area contributed by atoms with Crippen molar-refractivity contribution >= 4 is 35.8 Å². The second kappa shape index (κ2) is 11.6. The zero-order valence-electron chi connectivity index (χ0n) is 18.9. The van der Waals surface area contributed by atoms with Crippen molar-refractivity contribution in [2.45, 2.75) is 56.4 Å². The van der Waals surface area contributed by atoms with Gasteiger partial charge in [-0.2, -0.15) is 0 Å². The number of hydrogen-bond acceptors (Lipinski definition) is 3. The number of rotatable bonds is 5. The predicted molar refractivity (Wildman–Crippen MR) is 135 cm³/mol. The molecule has 2 aliphatic heterocycles. The summed E-state index contributed by atoms with van der Waals surface area (Å²) in [5, 5.41) is 6.98. The number of nitrogens with one attached hydrogen (secondary N) is 2. The molecular formula is C24H36FIN4O2. The van der Waals surface area contributed by atoms with Gasteiger partial charge in [0.2, 0.25) is 5.91 Å². The first kappa shape index (κ1) is 25.2. The molecule has 1 aromatic carbocycles. The Kier molecular flexibility index (Phi) is 9.16. The van der Waals surface area contributed by atoms with Crippen molar-refractivity contribution in [3.63, 3.8) is 0 Å². The van der Waals surface area contributed by atoms with Gasteiger partial charge >= 0.3 is 0 Å². The van der Waals surface area contributed by atoms with Gasteiger partial charge in [-0.3, -0.25) is 9.79 Å². The van der Waals surface area contributed by atoms with E-state index >= 15 is 0 Å². The van der Waals surface area contributed by atoms with Crippen molar-refractivity contribution in [1.82, 2.24) is 15.5 Å². The molecule has 0 bridgehead atoms. The molecule has 0 spiro atoms. The van der Waals surface area contributed by atoms with Crippen LogP contribution in [0.2, 0.25) is 0 Å². The third-order valence-electron chi connectivity index (χ3n) is 7.25. The lowest BCUT2D eigenvalue weighted by atomic mass is 9.74. The molecule has 178 valence electrons. The highest BCUT2D eigenvalue weighted by Gasteiger charge is 2.36. The van der Waals surface area contributed by atoms with E-state index in [4.69, 9.17) is 4.74 Å². The molecule has 3 fully saturated rings. The minimum atomic E-state index is -0.205. The quantitative estimate of drug-likeness (QED) is 0.330. The van der Waals surface area contributed by atoms with E-state index in [0.29, 0.717) is 25.7 Å². The fraction of sp³-hybridized carbons (Fsp3) is 0.667. The number of nitrogens with zero attached hydrogens (tertiary/aromatic N) is 2. The second-order valence-corrected chi connectivity index (χ2v) is 9.22. The van der Waals surface area contributed by atoms with E-state index in [0.717, 1.165) is 56.7 Å². The first-order chi connectivity index (χ1) is 15.1. The minimum Gasteiger partial charge on any atom is -0.381 e. The van der Waals surface area contributed by atoms with Crippen molar-refractivity contribution < 1.29 is 13.9 Å². The van der Waals surface area contributed by atoms with Crippen LogP contribution >= 0.6 is 24.0 Å². The largest absolute Gasteiger partial charge is 0.381 e. The third-order valence-corrected chi connectivity index (χ3v) is 7.25. The van der Waals surface area contributed by atoms with Crippen molar-refractivity contribution in [2.24, 2.45) is 10.9 Å². The van der Waals surface area contributed by atoms with Crippen LogP contribution in [0.25, 0.3) is 0 Å². The van der Waals surface area contributed by atoms with Gasteiger partial charge in [-0.1, -0.05) is 25.0 Å². The summed E-state index contributed by atoms with van der Waals surface area (Å²) in [5.41, 5.74) is 0.825. The van der Waals surface area contributed by atoms with Crippen LogP contribution in [0, 0.1) is 11.7 Å². The van der Waals surface area contributed by atoms with Crippen molar-refractivity contribution in [3.05, 3.63) is 35.6 Å². The normalized spacial score (nSPS) is 23.6. The Morgan fingerprint density at radius 1 is 1.25 bits per heavy atom. The van der Waals surface area contributed by atoms with Crippen molar-refractivity contribution in [1.29, 1.82) is 0 Å². The average molecular weight is 558 g/mol. The molecule has 8 heteroatoms. The van der Waals surface area contributed by atoms with Crippen LogP contribution in [0.4, 0.5) is 4.39 Å². The summed E-state index contributed by atoms with van der Waals surface area (Å²) in [7, 11) is 1.77. The molecule has 1 aromatic rings. The number of aliphatic imine (C=N–C) groups is 1. The zero-order chi connectivity index (χ0) is 21.7. The molecule has 0 radical (unpaired) electrons. The molecule has 1 aliphatic carbocycles. The Labute approximate surface area is 207 Å². The lowest BCUT2D eigenvalue weighted by Gasteiger charge is -2.38. The molecule has 6 nitrogen and oxygen atoms in total. The molecule has 3 aliphatic rings. The lowest BCUT2D eigenvalue weighted by Crippen LogP contribution is -2.50. The topological polar surface area (TPSA) is 66.0 Å². The number of ether oxygens (including phenoxy) is 1. The number of halogens is 2. The molecular weight excluding hydrogens is 522 g/mol. The maximum absolute atomic E-state index is 13.9. The molecule has 1 atom stereocenters. The van der Waals surface area contributed by atoms with Crippen molar-refractivity contribution in [2.75, 3.05) is 39.9 Å². The first-order valence-corrected chi connectivity index (χ1v) is 11.7. The number of hydrogen-bond donors (Lipinski definition) is 2. The number of carbonyl (C=O) groups is 1. The Morgan fingerprint density at radius 3 is 2.69 bits per heavy atom. The Bertz CT molecular complexity index is 794. The van der Waals surface area contributed by atoms with Gasteiger partial charge in [-0.25, -0.2) is 4.39 Å². The average Bonchev–Trinajstić information content (AvgIpc) is 3.49. The lowest BCUT2D eigenvalue weighted by molar-refractivity contribution is -0.134. The summed E-state index contributed by atoms with van der Waals surface area (Å²) in [6, 6.07) is 7.13. The van der Waals surface area contributed by atoms with Gasteiger partial charge in [-0.05, 0) is 49.8 Å². The number of likely N-dealkylation sites (tertiary alicyclic amines) is 1. The van der Waals surface area contributed by atoms with Crippen LogP contribution in [0.15, 0.2) is 29.3 Å². The predicted octanol–water partition coefficient (Wildman–Crippen LogP) is 3.45. The first-order valence-electron chi connectivity index (χ1n) is 11.7. The highest BCUT2D eigenvalue weighted by Crippen LogP contribution is 2.34. The highest BCUT2D eigenvalue weighted by molar-refractivity contribution is 14.0. The molecule has 0 aromatic heterocycles. The van der Waals surface area contributed by atoms with E-state index in [9.17, 15) is 9.18 Å². The van der Waals surface area contributed by atoms with E-state index in [2.05, 4.69) is 15.6 Å². The van der Waals surface area contributed by atoms with Crippen LogP contribution in [0.1, 0.15) is 50.5 Å². The van der Waals surface area contributed by atoms with Crippen molar-refractivity contribution in [3.8, 4) is 0 Å². The molecule has 1 saturated carbocycles. The van der Waals surface area contributed by atoms with Gasteiger partial charge in [0.25, 0.3) is 0 Å². The Balaban J connectivity index is 0.00000289. The maximum atomic E-state index is 13.9. The highest BCUT2D eigenvalue weighted by atomic mass is 127. The summed E-state index contributed by atoms with van der Waals surface area (Å²) in [4.78, 5) is 19.1. The van der Waals surface area contributed by atoms with Crippen LogP contribution in [-0.4, -0.2) is 62.7 Å². The van der Waals surface area contributed by atoms with E-state index < -0.39 is 0 Å². The fourth-order valence-electron chi connectivity index (χ4n) is 5.30. The van der Waals surface area contributed by atoms with Crippen LogP contribution in [0.3, 0.4) is 0 Å². The Morgan fingerprint density at radius 2 is 2.00 bits per heavy atom. The molecule has 2 saturated heterocycles. The number of guanidine groups is 1. The van der Waals surface area contributed by atoms with E-state index in [1.165, 1.54) is 18.9 Å². The summed E-state index contributed by atoms with van der Waals surface area (Å²) >= 11 is 0. The van der Waals surface area contributed by atoms with E-state index in [-0.39, 0.29) is 47.2 Å². The van der Waals surface area contributed by atoms with E-state index in [1.807, 2.05) is 11.0 Å². The van der Waals surface area contributed by atoms with Gasteiger partial charge < -0.3 is 20.3 Å². The van der Waals surface area contributed by atoms with Crippen LogP contribution in [-0.2, 0) is 14.9 Å². The van der Waals surface area contributed by atoms with Gasteiger partial charge in [0.05, 0.1) is 0 Å². The summed E-state index contributed by atoms with van der Waals surface area (Å²) in [5.74, 6) is 1.10. The second-order valence-electron chi connectivity index (χ2n) is 9.22. The summed E-state index contributed by atoms with van der Waals surface area (Å²) < 4.78 is 19.5. The monoisotopic (exact) mass is 558 g/mol. The molecule has 2 heterocycles. The molecule has 1 amide bonds. The molecule has 2 N–H and O–H groups in total. The van der Waals surface area contributed by atoms with Gasteiger partial charge in [-0.15, -0.1) is 24.0 Å². The minimum absolute atomic E-state index is 0. The van der Waals surface area contributed by atoms with E-state index in [1.54, 1.807) is 19.2 Å². The van der Waals surface area contributed by atoms with Gasteiger partial charge in [0, 0.05) is 57.3 Å². The Hall–Kier alpha value is -1.42. The smallest absolute Gasteiger partial charge is 0.225 e. The van der Waals surface area contributed by atoms with Crippen LogP contribution in [0.5, 0.6) is 0 Å². The third kappa shape index (κ3) is 5.92. The number of amides is 1. The molecule has 1 unspecified atom stereocenters. The zero-order valence-corrected chi connectivity index (χ0v) is 21.3. The number of carbonyl (C=O) groups excluding carboxylic acids is 1. The summed E-state index contributed by atoms with van der Waals surface area (Å²) in [6.45, 7) is 3.56. The SMILES string of the molecule is CN=C(NCC1(c2cccc(F)c2)CCOCC1)NC1CCN(C(=O)C2CCCC2)C1.I. The molecule has 32 heavy (non-hydrogen) atoms. The molecule has 4 rings (SSSR count). The maximum Gasteiger partial charge on any atom is 0.225 e. The fourth-order valence-corrected chi connectivity index (χ4v) is 5.30. The standard InChI is InChI=1S/C24H35FN4O2.HI/c1-26-23(28-21-9-12-29(16-21)22(30)18-5-2-3-6-18)27-17-24(10-13-31-14-11-24)19-7-4-8-20(25)15-19;/h4,7-8,15,18,21H,2-3,5-6,9-14,16-17H2,1H3,(H2,26,27,28);1H. The van der Waals surface area contributed by atoms with Gasteiger partial charge in [0.15, 0.2) is 5.96 Å².